The zero-order chi connectivity index (χ0) is 14.8. The molecule has 0 unspecified atom stereocenters. The van der Waals surface area contributed by atoms with Gasteiger partial charge in [-0.15, -0.1) is 0 Å². The quantitative estimate of drug-likeness (QED) is 0.734. The van der Waals surface area contributed by atoms with E-state index in [0.717, 1.165) is 16.8 Å². The van der Waals surface area contributed by atoms with Crippen LogP contribution in [-0.2, 0) is 6.42 Å². The maximum absolute atomic E-state index is 5.35. The summed E-state index contributed by atoms with van der Waals surface area (Å²) < 4.78 is 5.35. The van der Waals surface area contributed by atoms with E-state index in [1.165, 1.54) is 11.1 Å². The van der Waals surface area contributed by atoms with Crippen LogP contribution in [0.25, 0.3) is 11.4 Å². The Bertz CT molecular complexity index is 763. The van der Waals surface area contributed by atoms with Crippen molar-refractivity contribution in [2.45, 2.75) is 27.2 Å². The molecular formula is C17H17N3O. The Hall–Kier alpha value is -2.49. The SMILES string of the molecule is Cc1cc(C)c(-c2noc(Cc3ccccn3)n2)cc1C. The number of benzene rings is 1. The molecule has 2 aromatic heterocycles. The highest BCUT2D eigenvalue weighted by Crippen LogP contribution is 2.24. The molecule has 21 heavy (non-hydrogen) atoms. The summed E-state index contributed by atoms with van der Waals surface area (Å²) in [5.74, 6) is 1.22. The molecular weight excluding hydrogens is 262 g/mol. The lowest BCUT2D eigenvalue weighted by Crippen LogP contribution is -1.93. The van der Waals surface area contributed by atoms with Crippen LogP contribution in [0.15, 0.2) is 41.1 Å². The number of pyridine rings is 1. The lowest BCUT2D eigenvalue weighted by atomic mass is 10.0. The summed E-state index contributed by atoms with van der Waals surface area (Å²) in [5, 5.41) is 4.10. The highest BCUT2D eigenvalue weighted by Gasteiger charge is 2.12. The number of hydrogen-bond acceptors (Lipinski definition) is 4. The first kappa shape index (κ1) is 13.5. The van der Waals surface area contributed by atoms with Crippen LogP contribution in [-0.4, -0.2) is 15.1 Å². The molecule has 0 aliphatic rings. The topological polar surface area (TPSA) is 51.8 Å². The fourth-order valence-electron chi connectivity index (χ4n) is 2.30. The Morgan fingerprint density at radius 1 is 1.00 bits per heavy atom. The Morgan fingerprint density at radius 3 is 2.57 bits per heavy atom. The summed E-state index contributed by atoms with van der Waals surface area (Å²) in [6, 6.07) is 10.1. The van der Waals surface area contributed by atoms with Crippen molar-refractivity contribution >= 4 is 0 Å². The van der Waals surface area contributed by atoms with Gasteiger partial charge in [-0.05, 0) is 55.7 Å². The first-order valence-electron chi connectivity index (χ1n) is 6.94. The van der Waals surface area contributed by atoms with Crippen LogP contribution >= 0.6 is 0 Å². The van der Waals surface area contributed by atoms with E-state index in [9.17, 15) is 0 Å². The minimum atomic E-state index is 0.553. The lowest BCUT2D eigenvalue weighted by molar-refractivity contribution is 0.385. The van der Waals surface area contributed by atoms with Gasteiger partial charge in [0, 0.05) is 17.5 Å². The van der Waals surface area contributed by atoms with Crippen LogP contribution in [0, 0.1) is 20.8 Å². The number of aryl methyl sites for hydroxylation is 3. The normalized spacial score (nSPS) is 10.8. The second-order valence-corrected chi connectivity index (χ2v) is 5.26. The maximum atomic E-state index is 5.35. The minimum Gasteiger partial charge on any atom is -0.339 e. The smallest absolute Gasteiger partial charge is 0.232 e. The number of rotatable bonds is 3. The van der Waals surface area contributed by atoms with Gasteiger partial charge in [-0.2, -0.15) is 4.98 Å². The Balaban J connectivity index is 1.90. The van der Waals surface area contributed by atoms with Gasteiger partial charge in [0.25, 0.3) is 0 Å². The van der Waals surface area contributed by atoms with Gasteiger partial charge in [-0.3, -0.25) is 4.98 Å². The molecule has 0 aliphatic carbocycles. The predicted molar refractivity (Wildman–Crippen MR) is 81.0 cm³/mol. The summed E-state index contributed by atoms with van der Waals surface area (Å²) in [6.45, 7) is 6.26. The molecule has 0 radical (unpaired) electrons. The van der Waals surface area contributed by atoms with E-state index in [1.807, 2.05) is 18.2 Å². The van der Waals surface area contributed by atoms with Crippen LogP contribution in [0.5, 0.6) is 0 Å². The molecule has 0 bridgehead atoms. The third-order valence-corrected chi connectivity index (χ3v) is 3.61. The average molecular weight is 279 g/mol. The second kappa shape index (κ2) is 5.48. The van der Waals surface area contributed by atoms with Crippen LogP contribution in [0.1, 0.15) is 28.3 Å². The zero-order valence-electron chi connectivity index (χ0n) is 12.4. The van der Waals surface area contributed by atoms with Crippen LogP contribution in [0.2, 0.25) is 0 Å². The number of nitrogens with zero attached hydrogens (tertiary/aromatic N) is 3. The highest BCUT2D eigenvalue weighted by atomic mass is 16.5. The van der Waals surface area contributed by atoms with Crippen LogP contribution in [0.4, 0.5) is 0 Å². The van der Waals surface area contributed by atoms with Gasteiger partial charge in [0.05, 0.1) is 6.42 Å². The molecule has 0 atom stereocenters. The molecule has 3 rings (SSSR count). The third-order valence-electron chi connectivity index (χ3n) is 3.61. The van der Waals surface area contributed by atoms with Crippen molar-refractivity contribution in [3.63, 3.8) is 0 Å². The fourth-order valence-corrected chi connectivity index (χ4v) is 2.30. The molecule has 0 aliphatic heterocycles. The predicted octanol–water partition coefficient (Wildman–Crippen LogP) is 3.65. The van der Waals surface area contributed by atoms with E-state index in [4.69, 9.17) is 4.52 Å². The maximum Gasteiger partial charge on any atom is 0.232 e. The van der Waals surface area contributed by atoms with Gasteiger partial charge in [0.15, 0.2) is 0 Å². The van der Waals surface area contributed by atoms with Gasteiger partial charge < -0.3 is 4.52 Å². The fraction of sp³-hybridized carbons (Fsp3) is 0.235. The number of hydrogen-bond donors (Lipinski definition) is 0. The van der Waals surface area contributed by atoms with Crippen molar-refractivity contribution < 1.29 is 4.52 Å². The van der Waals surface area contributed by atoms with E-state index >= 15 is 0 Å². The van der Waals surface area contributed by atoms with Gasteiger partial charge in [-0.1, -0.05) is 17.3 Å². The Morgan fingerprint density at radius 2 is 1.81 bits per heavy atom. The van der Waals surface area contributed by atoms with Crippen molar-refractivity contribution in [3.05, 3.63) is 64.8 Å². The van der Waals surface area contributed by atoms with Crippen molar-refractivity contribution in [3.8, 4) is 11.4 Å². The molecule has 0 N–H and O–H groups in total. The van der Waals surface area contributed by atoms with Crippen molar-refractivity contribution in [1.29, 1.82) is 0 Å². The molecule has 0 fully saturated rings. The first-order valence-corrected chi connectivity index (χ1v) is 6.94. The molecule has 0 saturated heterocycles. The van der Waals surface area contributed by atoms with Crippen molar-refractivity contribution in [1.82, 2.24) is 15.1 Å². The molecule has 0 spiro atoms. The Labute approximate surface area is 123 Å². The number of aromatic nitrogens is 3. The van der Waals surface area contributed by atoms with E-state index in [1.54, 1.807) is 6.20 Å². The summed E-state index contributed by atoms with van der Waals surface area (Å²) in [6.07, 6.45) is 2.32. The van der Waals surface area contributed by atoms with E-state index in [-0.39, 0.29) is 0 Å². The van der Waals surface area contributed by atoms with E-state index in [0.29, 0.717) is 18.1 Å². The van der Waals surface area contributed by atoms with E-state index < -0.39 is 0 Å². The molecule has 4 heteroatoms. The minimum absolute atomic E-state index is 0.553. The second-order valence-electron chi connectivity index (χ2n) is 5.26. The summed E-state index contributed by atoms with van der Waals surface area (Å²) in [7, 11) is 0. The highest BCUT2D eigenvalue weighted by molar-refractivity contribution is 5.61. The average Bonchev–Trinajstić information content (AvgIpc) is 2.92. The third kappa shape index (κ3) is 2.84. The monoisotopic (exact) mass is 279 g/mol. The Kier molecular flexibility index (Phi) is 3.52. The van der Waals surface area contributed by atoms with Gasteiger partial charge >= 0.3 is 0 Å². The molecule has 3 aromatic rings. The first-order chi connectivity index (χ1) is 10.1. The zero-order valence-corrected chi connectivity index (χ0v) is 12.4. The van der Waals surface area contributed by atoms with Crippen molar-refractivity contribution in [2.24, 2.45) is 0 Å². The lowest BCUT2D eigenvalue weighted by Gasteiger charge is -2.05. The van der Waals surface area contributed by atoms with Gasteiger partial charge in [-0.25, -0.2) is 0 Å². The molecule has 1 aromatic carbocycles. The molecule has 4 nitrogen and oxygen atoms in total. The summed E-state index contributed by atoms with van der Waals surface area (Å²) >= 11 is 0. The van der Waals surface area contributed by atoms with E-state index in [2.05, 4.69) is 48.0 Å². The molecule has 0 amide bonds. The summed E-state index contributed by atoms with van der Waals surface area (Å²) in [4.78, 5) is 8.76. The standard InChI is InChI=1S/C17H17N3O/c1-11-8-13(3)15(9-12(11)2)17-19-16(21-20-17)10-14-6-4-5-7-18-14/h4-9H,10H2,1-3H3. The largest absolute Gasteiger partial charge is 0.339 e. The molecule has 2 heterocycles. The molecule has 106 valence electrons. The van der Waals surface area contributed by atoms with Crippen LogP contribution < -0.4 is 0 Å². The van der Waals surface area contributed by atoms with Crippen LogP contribution in [0.3, 0.4) is 0 Å². The van der Waals surface area contributed by atoms with Gasteiger partial charge in [0.2, 0.25) is 11.7 Å². The summed E-state index contributed by atoms with van der Waals surface area (Å²) in [5.41, 5.74) is 5.60. The van der Waals surface area contributed by atoms with Crippen molar-refractivity contribution in [2.75, 3.05) is 0 Å². The van der Waals surface area contributed by atoms with Gasteiger partial charge in [0.1, 0.15) is 0 Å². The molecule has 0 saturated carbocycles.